The maximum absolute atomic E-state index is 5.94. The molecule has 0 spiro atoms. The van der Waals surface area contributed by atoms with Crippen LogP contribution >= 0.6 is 24.0 Å². The van der Waals surface area contributed by atoms with Crippen LogP contribution in [0.5, 0.6) is 0 Å². The Kier molecular flexibility index (Phi) is 7.55. The Morgan fingerprint density at radius 2 is 1.92 bits per heavy atom. The highest BCUT2D eigenvalue weighted by Crippen LogP contribution is 2.34. The monoisotopic (exact) mass is 457 g/mol. The first-order valence-corrected chi connectivity index (χ1v) is 9.34. The maximum Gasteiger partial charge on any atom is 0.191 e. The summed E-state index contributed by atoms with van der Waals surface area (Å²) in [7, 11) is 0. The standard InChI is InChI=1S/C20H31N3O.HI/c1-5-21-20(23-18-12-16-6-7-19(18)24-16)22-9-8-17-14(3)10-13(2)11-15(17)4;/h10-11,16,18-19H,5-9,12H2,1-4H3,(H2,21,22,23);1H. The third kappa shape index (κ3) is 5.09. The van der Waals surface area contributed by atoms with Crippen LogP contribution in [0.25, 0.3) is 0 Å². The Morgan fingerprint density at radius 3 is 2.48 bits per heavy atom. The summed E-state index contributed by atoms with van der Waals surface area (Å²) < 4.78 is 5.94. The van der Waals surface area contributed by atoms with Crippen LogP contribution in [0, 0.1) is 20.8 Å². The molecule has 4 nitrogen and oxygen atoms in total. The van der Waals surface area contributed by atoms with Crippen molar-refractivity contribution in [3.8, 4) is 0 Å². The lowest BCUT2D eigenvalue weighted by Gasteiger charge is -2.22. The largest absolute Gasteiger partial charge is 0.373 e. The fourth-order valence-electron chi connectivity index (χ4n) is 4.17. The van der Waals surface area contributed by atoms with E-state index in [1.807, 2.05) is 0 Å². The fourth-order valence-corrected chi connectivity index (χ4v) is 4.17. The van der Waals surface area contributed by atoms with Gasteiger partial charge in [-0.3, -0.25) is 4.99 Å². The smallest absolute Gasteiger partial charge is 0.191 e. The summed E-state index contributed by atoms with van der Waals surface area (Å²) in [5.41, 5.74) is 5.52. The van der Waals surface area contributed by atoms with Gasteiger partial charge in [-0.15, -0.1) is 24.0 Å². The minimum atomic E-state index is 0. The predicted molar refractivity (Wildman–Crippen MR) is 115 cm³/mol. The van der Waals surface area contributed by atoms with Gasteiger partial charge < -0.3 is 15.4 Å². The molecular formula is C20H32IN3O. The number of fused-ring (bicyclic) bond motifs is 2. The second-order valence-corrected chi connectivity index (χ2v) is 7.25. The molecule has 2 aliphatic rings. The lowest BCUT2D eigenvalue weighted by atomic mass is 9.96. The number of nitrogens with one attached hydrogen (secondary N) is 2. The van der Waals surface area contributed by atoms with Crippen molar-refractivity contribution in [2.45, 2.75) is 71.6 Å². The number of guanidine groups is 1. The van der Waals surface area contributed by atoms with E-state index in [1.165, 1.54) is 35.1 Å². The summed E-state index contributed by atoms with van der Waals surface area (Å²) in [6.45, 7) is 10.4. The number of benzene rings is 1. The van der Waals surface area contributed by atoms with Crippen molar-refractivity contribution in [3.05, 3.63) is 34.4 Å². The molecule has 3 unspecified atom stereocenters. The molecule has 0 radical (unpaired) electrons. The minimum Gasteiger partial charge on any atom is -0.373 e. The molecule has 3 rings (SSSR count). The zero-order valence-corrected chi connectivity index (χ0v) is 18.2. The maximum atomic E-state index is 5.94. The summed E-state index contributed by atoms with van der Waals surface area (Å²) >= 11 is 0. The number of nitrogens with zero attached hydrogens (tertiary/aromatic N) is 1. The molecule has 2 bridgehead atoms. The van der Waals surface area contributed by atoms with Gasteiger partial charge in [-0.25, -0.2) is 0 Å². The zero-order valence-electron chi connectivity index (χ0n) is 15.9. The van der Waals surface area contributed by atoms with Crippen molar-refractivity contribution in [1.82, 2.24) is 10.6 Å². The molecule has 2 fully saturated rings. The van der Waals surface area contributed by atoms with Crippen LogP contribution in [-0.2, 0) is 11.2 Å². The molecule has 1 aromatic carbocycles. The molecule has 2 heterocycles. The van der Waals surface area contributed by atoms with Gasteiger partial charge in [0, 0.05) is 13.1 Å². The highest BCUT2D eigenvalue weighted by atomic mass is 127. The normalized spacial score (nSPS) is 25.0. The molecule has 2 aliphatic heterocycles. The molecule has 5 heteroatoms. The van der Waals surface area contributed by atoms with Crippen LogP contribution in [0.2, 0.25) is 0 Å². The average Bonchev–Trinajstić information content (AvgIpc) is 3.12. The number of rotatable bonds is 5. The number of ether oxygens (including phenoxy) is 1. The molecule has 2 N–H and O–H groups in total. The summed E-state index contributed by atoms with van der Waals surface area (Å²) in [5, 5.41) is 6.96. The van der Waals surface area contributed by atoms with E-state index in [0.717, 1.165) is 31.9 Å². The molecule has 0 aromatic heterocycles. The molecule has 2 saturated heterocycles. The van der Waals surface area contributed by atoms with Crippen molar-refractivity contribution < 1.29 is 4.74 Å². The van der Waals surface area contributed by atoms with E-state index in [0.29, 0.717) is 18.2 Å². The molecule has 0 aliphatic carbocycles. The second kappa shape index (κ2) is 9.21. The molecule has 140 valence electrons. The van der Waals surface area contributed by atoms with Crippen molar-refractivity contribution in [2.24, 2.45) is 4.99 Å². The van der Waals surface area contributed by atoms with Gasteiger partial charge in [0.15, 0.2) is 5.96 Å². The van der Waals surface area contributed by atoms with Crippen molar-refractivity contribution in [2.75, 3.05) is 13.1 Å². The number of aryl methyl sites for hydroxylation is 3. The Bertz CT molecular complexity index is 594. The van der Waals surface area contributed by atoms with E-state index in [2.05, 4.69) is 50.5 Å². The molecule has 25 heavy (non-hydrogen) atoms. The van der Waals surface area contributed by atoms with Gasteiger partial charge in [-0.2, -0.15) is 0 Å². The zero-order chi connectivity index (χ0) is 17.1. The fraction of sp³-hybridized carbons (Fsp3) is 0.650. The van der Waals surface area contributed by atoms with Crippen molar-refractivity contribution in [3.63, 3.8) is 0 Å². The van der Waals surface area contributed by atoms with Crippen molar-refractivity contribution >= 4 is 29.9 Å². The number of hydrogen-bond donors (Lipinski definition) is 2. The number of halogens is 1. The quantitative estimate of drug-likeness (QED) is 0.403. The minimum absolute atomic E-state index is 0. The number of aliphatic imine (C=N–C) groups is 1. The third-order valence-corrected chi connectivity index (χ3v) is 5.24. The lowest BCUT2D eigenvalue weighted by Crippen LogP contribution is -2.47. The van der Waals surface area contributed by atoms with Crippen LogP contribution in [0.4, 0.5) is 0 Å². The van der Waals surface area contributed by atoms with Gasteiger partial charge in [-0.05, 0) is 70.1 Å². The molecule has 1 aromatic rings. The van der Waals surface area contributed by atoms with Gasteiger partial charge in [0.05, 0.1) is 18.2 Å². The van der Waals surface area contributed by atoms with E-state index >= 15 is 0 Å². The van der Waals surface area contributed by atoms with Crippen LogP contribution in [0.1, 0.15) is 48.4 Å². The van der Waals surface area contributed by atoms with Crippen LogP contribution in [0.15, 0.2) is 17.1 Å². The Balaban J connectivity index is 0.00000225. The van der Waals surface area contributed by atoms with Gasteiger partial charge in [0.2, 0.25) is 0 Å². The Hall–Kier alpha value is -0.820. The van der Waals surface area contributed by atoms with Crippen LogP contribution < -0.4 is 10.6 Å². The summed E-state index contributed by atoms with van der Waals surface area (Å²) in [4.78, 5) is 4.80. The van der Waals surface area contributed by atoms with E-state index in [9.17, 15) is 0 Å². The second-order valence-electron chi connectivity index (χ2n) is 7.25. The van der Waals surface area contributed by atoms with Crippen LogP contribution in [-0.4, -0.2) is 37.3 Å². The molecule has 0 saturated carbocycles. The van der Waals surface area contributed by atoms with E-state index in [4.69, 9.17) is 9.73 Å². The van der Waals surface area contributed by atoms with Gasteiger partial charge >= 0.3 is 0 Å². The highest BCUT2D eigenvalue weighted by Gasteiger charge is 2.41. The van der Waals surface area contributed by atoms with Crippen molar-refractivity contribution in [1.29, 1.82) is 0 Å². The molecule has 0 amide bonds. The first-order chi connectivity index (χ1) is 11.6. The average molecular weight is 457 g/mol. The molecular weight excluding hydrogens is 425 g/mol. The van der Waals surface area contributed by atoms with Crippen LogP contribution in [0.3, 0.4) is 0 Å². The van der Waals surface area contributed by atoms with E-state index < -0.39 is 0 Å². The summed E-state index contributed by atoms with van der Waals surface area (Å²) in [6.07, 6.45) is 5.35. The number of hydrogen-bond acceptors (Lipinski definition) is 2. The topological polar surface area (TPSA) is 45.7 Å². The lowest BCUT2D eigenvalue weighted by molar-refractivity contribution is 0.0992. The summed E-state index contributed by atoms with van der Waals surface area (Å²) in [5.74, 6) is 0.932. The first kappa shape index (κ1) is 20.5. The highest BCUT2D eigenvalue weighted by molar-refractivity contribution is 14.0. The van der Waals surface area contributed by atoms with Gasteiger partial charge in [-0.1, -0.05) is 17.7 Å². The molecule has 3 atom stereocenters. The third-order valence-electron chi connectivity index (χ3n) is 5.24. The van der Waals surface area contributed by atoms with E-state index in [1.54, 1.807) is 0 Å². The Morgan fingerprint density at radius 1 is 1.20 bits per heavy atom. The SMILES string of the molecule is CCNC(=NCCc1c(C)cc(C)cc1C)NC1CC2CCC1O2.I. The first-order valence-electron chi connectivity index (χ1n) is 9.34. The Labute approximate surface area is 169 Å². The van der Waals surface area contributed by atoms with E-state index in [-0.39, 0.29) is 24.0 Å². The van der Waals surface area contributed by atoms with Gasteiger partial charge in [0.25, 0.3) is 0 Å². The van der Waals surface area contributed by atoms with Gasteiger partial charge in [0.1, 0.15) is 0 Å². The summed E-state index contributed by atoms with van der Waals surface area (Å²) in [6, 6.07) is 4.95. The predicted octanol–water partition coefficient (Wildman–Crippen LogP) is 3.65.